The summed E-state index contributed by atoms with van der Waals surface area (Å²) in [4.78, 5) is 11.2. The van der Waals surface area contributed by atoms with Gasteiger partial charge in [0.05, 0.1) is 5.56 Å². The number of rotatable bonds is 4. The van der Waals surface area contributed by atoms with Gasteiger partial charge in [0.2, 0.25) is 0 Å². The quantitative estimate of drug-likeness (QED) is 0.461. The molecule has 0 saturated heterocycles. The van der Waals surface area contributed by atoms with Crippen molar-refractivity contribution < 1.29 is 20.1 Å². The van der Waals surface area contributed by atoms with Crippen molar-refractivity contribution in [1.29, 1.82) is 0 Å². The fraction of sp³-hybridized carbons (Fsp3) is 0.0417. The summed E-state index contributed by atoms with van der Waals surface area (Å²) in [5.41, 5.74) is 3.75. The van der Waals surface area contributed by atoms with E-state index >= 15 is 0 Å². The van der Waals surface area contributed by atoms with E-state index in [4.69, 9.17) is 5.11 Å². The minimum absolute atomic E-state index is 0.0486. The normalized spacial score (nSPS) is 10.9. The van der Waals surface area contributed by atoms with Crippen LogP contribution in [0.15, 0.2) is 78.9 Å². The molecule has 0 aromatic heterocycles. The lowest BCUT2D eigenvalue weighted by Crippen LogP contribution is -1.95. The fourth-order valence-corrected chi connectivity index (χ4v) is 3.36. The zero-order chi connectivity index (χ0) is 19.7. The van der Waals surface area contributed by atoms with Gasteiger partial charge in [-0.3, -0.25) is 0 Å². The van der Waals surface area contributed by atoms with E-state index in [1.165, 1.54) is 6.07 Å². The van der Waals surface area contributed by atoms with E-state index in [9.17, 15) is 15.0 Å². The first kappa shape index (κ1) is 17.6. The second-order valence-electron chi connectivity index (χ2n) is 6.74. The summed E-state index contributed by atoms with van der Waals surface area (Å²) in [6.07, 6.45) is 0.612. The zero-order valence-electron chi connectivity index (χ0n) is 15.0. The van der Waals surface area contributed by atoms with Gasteiger partial charge in [-0.15, -0.1) is 0 Å². The molecule has 0 spiro atoms. The van der Waals surface area contributed by atoms with Crippen molar-refractivity contribution in [3.05, 3.63) is 95.6 Å². The molecule has 4 aromatic rings. The highest BCUT2D eigenvalue weighted by Gasteiger charge is 2.11. The topological polar surface area (TPSA) is 77.8 Å². The monoisotopic (exact) mass is 370 g/mol. The summed E-state index contributed by atoms with van der Waals surface area (Å²) in [5.74, 6) is -0.909. The fourth-order valence-electron chi connectivity index (χ4n) is 3.36. The molecule has 0 heterocycles. The molecule has 3 N–H and O–H groups in total. The van der Waals surface area contributed by atoms with E-state index in [0.717, 1.165) is 22.3 Å². The van der Waals surface area contributed by atoms with Crippen molar-refractivity contribution in [3.8, 4) is 22.6 Å². The summed E-state index contributed by atoms with van der Waals surface area (Å²) < 4.78 is 0. The highest BCUT2D eigenvalue weighted by Crippen LogP contribution is 2.33. The second-order valence-corrected chi connectivity index (χ2v) is 6.74. The van der Waals surface area contributed by atoms with Crippen LogP contribution < -0.4 is 0 Å². The van der Waals surface area contributed by atoms with Gasteiger partial charge in [-0.1, -0.05) is 48.5 Å². The molecule has 0 aliphatic rings. The van der Waals surface area contributed by atoms with Crippen LogP contribution in [0.2, 0.25) is 0 Å². The van der Waals surface area contributed by atoms with E-state index in [0.29, 0.717) is 17.2 Å². The number of phenolic OH excluding ortho intramolecular Hbond substituents is 2. The van der Waals surface area contributed by atoms with Crippen LogP contribution in [-0.2, 0) is 6.42 Å². The van der Waals surface area contributed by atoms with Crippen LogP contribution in [0.5, 0.6) is 11.5 Å². The molecular formula is C24H18O4. The van der Waals surface area contributed by atoms with Gasteiger partial charge in [-0.25, -0.2) is 4.79 Å². The van der Waals surface area contributed by atoms with Gasteiger partial charge in [0, 0.05) is 11.8 Å². The largest absolute Gasteiger partial charge is 0.508 e. The number of carboxylic acids is 1. The number of hydrogen-bond acceptors (Lipinski definition) is 3. The van der Waals surface area contributed by atoms with Crippen molar-refractivity contribution in [2.24, 2.45) is 0 Å². The van der Waals surface area contributed by atoms with Crippen LogP contribution in [0, 0.1) is 0 Å². The Kier molecular flexibility index (Phi) is 4.45. The molecule has 4 rings (SSSR count). The van der Waals surface area contributed by atoms with E-state index < -0.39 is 5.97 Å². The van der Waals surface area contributed by atoms with Crippen LogP contribution in [0.1, 0.15) is 21.5 Å². The predicted octanol–water partition coefficient (Wildman–Crippen LogP) is 5.21. The lowest BCUT2D eigenvalue weighted by Gasteiger charge is -2.10. The van der Waals surface area contributed by atoms with Crippen molar-refractivity contribution in [3.63, 3.8) is 0 Å². The van der Waals surface area contributed by atoms with Crippen LogP contribution in [-0.4, -0.2) is 21.3 Å². The molecule has 0 aliphatic carbocycles. The van der Waals surface area contributed by atoms with Gasteiger partial charge in [-0.2, -0.15) is 0 Å². The Bertz CT molecular complexity index is 1180. The molecule has 0 radical (unpaired) electrons. The van der Waals surface area contributed by atoms with Gasteiger partial charge in [-0.05, 0) is 58.0 Å². The molecule has 0 fully saturated rings. The van der Waals surface area contributed by atoms with Gasteiger partial charge >= 0.3 is 5.97 Å². The smallest absolute Gasteiger partial charge is 0.335 e. The van der Waals surface area contributed by atoms with Gasteiger partial charge in [0.1, 0.15) is 11.5 Å². The Labute approximate surface area is 162 Å². The SMILES string of the molecule is O=C(O)c1cc(O)c2cc(-c3ccc(O)c(Cc4ccccc4)c3)ccc2c1. The number of hydrogen-bond donors (Lipinski definition) is 3. The predicted molar refractivity (Wildman–Crippen MR) is 109 cm³/mol. The molecule has 0 aliphatic heterocycles. The Morgan fingerprint density at radius 3 is 2.21 bits per heavy atom. The maximum atomic E-state index is 11.2. The molecule has 4 nitrogen and oxygen atoms in total. The average molecular weight is 370 g/mol. The van der Waals surface area contributed by atoms with E-state index in [-0.39, 0.29) is 17.1 Å². The summed E-state index contributed by atoms with van der Waals surface area (Å²) in [6.45, 7) is 0. The minimum Gasteiger partial charge on any atom is -0.508 e. The van der Waals surface area contributed by atoms with Crippen LogP contribution in [0.4, 0.5) is 0 Å². The maximum absolute atomic E-state index is 11.2. The average Bonchev–Trinajstić information content (AvgIpc) is 2.70. The summed E-state index contributed by atoms with van der Waals surface area (Å²) in [5, 5.41) is 30.9. The van der Waals surface area contributed by atoms with Gasteiger partial charge < -0.3 is 15.3 Å². The first-order valence-electron chi connectivity index (χ1n) is 8.87. The van der Waals surface area contributed by atoms with E-state index in [1.807, 2.05) is 54.6 Å². The molecule has 0 saturated carbocycles. The Morgan fingerprint density at radius 1 is 0.750 bits per heavy atom. The summed E-state index contributed by atoms with van der Waals surface area (Å²) in [6, 6.07) is 23.6. The van der Waals surface area contributed by atoms with Crippen molar-refractivity contribution in [1.82, 2.24) is 0 Å². The van der Waals surface area contributed by atoms with Gasteiger partial charge in [0.15, 0.2) is 0 Å². The number of carboxylic acid groups (broad SMARTS) is 1. The summed E-state index contributed by atoms with van der Waals surface area (Å²) in [7, 11) is 0. The third kappa shape index (κ3) is 3.40. The highest BCUT2D eigenvalue weighted by atomic mass is 16.4. The highest BCUT2D eigenvalue weighted by molar-refractivity contribution is 5.99. The molecule has 138 valence electrons. The number of phenols is 2. The van der Waals surface area contributed by atoms with E-state index in [1.54, 1.807) is 18.2 Å². The van der Waals surface area contributed by atoms with E-state index in [2.05, 4.69) is 0 Å². The molecule has 0 atom stereocenters. The molecule has 4 aromatic carbocycles. The number of aromatic carboxylic acids is 1. The second kappa shape index (κ2) is 7.08. The first-order valence-corrected chi connectivity index (χ1v) is 8.87. The van der Waals surface area contributed by atoms with Gasteiger partial charge in [0.25, 0.3) is 0 Å². The zero-order valence-corrected chi connectivity index (χ0v) is 15.0. The number of carbonyl (C=O) groups is 1. The molecule has 0 amide bonds. The third-order valence-corrected chi connectivity index (χ3v) is 4.83. The molecule has 0 bridgehead atoms. The maximum Gasteiger partial charge on any atom is 0.335 e. The van der Waals surface area contributed by atoms with Crippen LogP contribution in [0.3, 0.4) is 0 Å². The molecular weight excluding hydrogens is 352 g/mol. The number of benzene rings is 4. The minimum atomic E-state index is -1.08. The van der Waals surface area contributed by atoms with Crippen molar-refractivity contribution >= 4 is 16.7 Å². The summed E-state index contributed by atoms with van der Waals surface area (Å²) >= 11 is 0. The van der Waals surface area contributed by atoms with Crippen LogP contribution in [0.25, 0.3) is 21.9 Å². The molecule has 28 heavy (non-hydrogen) atoms. The molecule has 0 unspecified atom stereocenters. The lowest BCUT2D eigenvalue weighted by atomic mass is 9.96. The Hall–Kier alpha value is -3.79. The lowest BCUT2D eigenvalue weighted by molar-refractivity contribution is 0.0696. The molecule has 4 heteroatoms. The van der Waals surface area contributed by atoms with Crippen molar-refractivity contribution in [2.45, 2.75) is 6.42 Å². The Balaban J connectivity index is 1.75. The van der Waals surface area contributed by atoms with Crippen molar-refractivity contribution in [2.75, 3.05) is 0 Å². The standard InChI is InChI=1S/C24H18O4/c25-22-9-8-16(11-19(22)10-15-4-2-1-3-5-15)17-6-7-18-12-20(24(27)28)14-23(26)21(18)13-17/h1-9,11-14,25-26H,10H2,(H,27,28). The third-order valence-electron chi connectivity index (χ3n) is 4.83. The first-order chi connectivity index (χ1) is 13.5. The van der Waals surface area contributed by atoms with Crippen LogP contribution >= 0.6 is 0 Å². The number of aromatic hydroxyl groups is 2. The Morgan fingerprint density at radius 2 is 1.46 bits per heavy atom. The number of fused-ring (bicyclic) bond motifs is 1.